The lowest BCUT2D eigenvalue weighted by atomic mass is 10.1. The third-order valence-corrected chi connectivity index (χ3v) is 5.69. The highest BCUT2D eigenvalue weighted by Gasteiger charge is 2.31. The maximum Gasteiger partial charge on any atom is 0.416 e. The molecule has 4 rings (SSSR count). The number of benzene rings is 2. The summed E-state index contributed by atoms with van der Waals surface area (Å²) >= 11 is 0. The maximum atomic E-state index is 13.0. The first-order valence-electron chi connectivity index (χ1n) is 10.7. The van der Waals surface area contributed by atoms with Crippen LogP contribution in [0.4, 0.5) is 18.9 Å². The molecule has 3 aromatic rings. The Morgan fingerprint density at radius 2 is 1.79 bits per heavy atom. The van der Waals surface area contributed by atoms with E-state index in [1.54, 1.807) is 24.3 Å². The first-order valence-corrected chi connectivity index (χ1v) is 10.7. The van der Waals surface area contributed by atoms with Gasteiger partial charge in [0.05, 0.1) is 19.3 Å². The van der Waals surface area contributed by atoms with E-state index >= 15 is 0 Å². The van der Waals surface area contributed by atoms with E-state index < -0.39 is 17.4 Å². The average molecular weight is 462 g/mol. The standard InChI is InChI=1S/C24H25F3N2O4/c1-31-21-16-20-17(6-7-23(30)33-20)14-22(21)32-13-3-8-28-9-11-29(12-10-28)19-5-2-4-18(15-19)24(25,26)27/h2,4-7,14-16H,3,8-13H2,1H3. The number of fused-ring (bicyclic) bond motifs is 1. The fraction of sp³-hybridized carbons (Fsp3) is 0.375. The van der Waals surface area contributed by atoms with Crippen LogP contribution < -0.4 is 20.0 Å². The smallest absolute Gasteiger partial charge is 0.416 e. The van der Waals surface area contributed by atoms with Crippen molar-refractivity contribution in [2.24, 2.45) is 0 Å². The van der Waals surface area contributed by atoms with E-state index in [0.717, 1.165) is 37.5 Å². The quantitative estimate of drug-likeness (QED) is 0.383. The Hall–Kier alpha value is -3.20. The van der Waals surface area contributed by atoms with Crippen LogP contribution in [0.5, 0.6) is 11.5 Å². The van der Waals surface area contributed by atoms with Crippen molar-refractivity contribution >= 4 is 16.7 Å². The van der Waals surface area contributed by atoms with Crippen molar-refractivity contribution in [3.63, 3.8) is 0 Å². The highest BCUT2D eigenvalue weighted by Crippen LogP contribution is 2.33. The number of hydrogen-bond acceptors (Lipinski definition) is 6. The summed E-state index contributed by atoms with van der Waals surface area (Å²) in [5.41, 5.74) is -0.00500. The van der Waals surface area contributed by atoms with Crippen LogP contribution >= 0.6 is 0 Å². The van der Waals surface area contributed by atoms with Crippen LogP contribution in [0.3, 0.4) is 0 Å². The van der Waals surface area contributed by atoms with Crippen molar-refractivity contribution in [1.29, 1.82) is 0 Å². The third kappa shape index (κ3) is 5.60. The van der Waals surface area contributed by atoms with Crippen molar-refractivity contribution in [2.45, 2.75) is 12.6 Å². The van der Waals surface area contributed by atoms with Gasteiger partial charge in [-0.15, -0.1) is 0 Å². The first-order chi connectivity index (χ1) is 15.8. The zero-order chi connectivity index (χ0) is 23.4. The molecule has 0 N–H and O–H groups in total. The summed E-state index contributed by atoms with van der Waals surface area (Å²) in [7, 11) is 1.53. The molecule has 1 aromatic heterocycles. The topological polar surface area (TPSA) is 55.2 Å². The number of ether oxygens (including phenoxy) is 2. The van der Waals surface area contributed by atoms with Gasteiger partial charge in [-0.25, -0.2) is 4.79 Å². The van der Waals surface area contributed by atoms with Crippen LogP contribution in [0, 0.1) is 0 Å². The van der Waals surface area contributed by atoms with Gasteiger partial charge in [-0.05, 0) is 36.8 Å². The second kappa shape index (κ2) is 9.74. The molecule has 0 amide bonds. The van der Waals surface area contributed by atoms with Gasteiger partial charge in [-0.1, -0.05) is 6.07 Å². The summed E-state index contributed by atoms with van der Waals surface area (Å²) in [6, 6.07) is 11.9. The van der Waals surface area contributed by atoms with Crippen molar-refractivity contribution in [1.82, 2.24) is 4.90 Å². The molecule has 0 radical (unpaired) electrons. The molecule has 0 aliphatic carbocycles. The van der Waals surface area contributed by atoms with E-state index in [9.17, 15) is 18.0 Å². The SMILES string of the molecule is COc1cc2oc(=O)ccc2cc1OCCCN1CCN(c2cccc(C(F)(F)F)c2)CC1. The number of hydrogen-bond donors (Lipinski definition) is 0. The van der Waals surface area contributed by atoms with Crippen molar-refractivity contribution in [2.75, 3.05) is 51.3 Å². The van der Waals surface area contributed by atoms with Crippen LogP contribution in [0.1, 0.15) is 12.0 Å². The number of nitrogens with zero attached hydrogens (tertiary/aromatic N) is 2. The van der Waals surface area contributed by atoms with Crippen molar-refractivity contribution < 1.29 is 27.1 Å². The van der Waals surface area contributed by atoms with Crippen LogP contribution in [0.25, 0.3) is 11.0 Å². The van der Waals surface area contributed by atoms with E-state index in [1.807, 2.05) is 4.90 Å². The lowest BCUT2D eigenvalue weighted by molar-refractivity contribution is -0.137. The minimum Gasteiger partial charge on any atom is -0.493 e. The molecule has 1 aliphatic heterocycles. The Kier molecular flexibility index (Phi) is 6.78. The molecule has 1 saturated heterocycles. The van der Waals surface area contributed by atoms with Crippen molar-refractivity contribution in [3.8, 4) is 11.5 Å². The van der Waals surface area contributed by atoms with Crippen LogP contribution in [0.2, 0.25) is 0 Å². The molecule has 6 nitrogen and oxygen atoms in total. The minimum absolute atomic E-state index is 0.425. The Morgan fingerprint density at radius 1 is 1.00 bits per heavy atom. The number of methoxy groups -OCH3 is 1. The summed E-state index contributed by atoms with van der Waals surface area (Å²) in [6.07, 6.45) is -3.55. The monoisotopic (exact) mass is 462 g/mol. The molecule has 1 fully saturated rings. The number of anilines is 1. The zero-order valence-electron chi connectivity index (χ0n) is 18.2. The molecule has 1 aliphatic rings. The molecule has 0 atom stereocenters. The summed E-state index contributed by atoms with van der Waals surface area (Å²) in [4.78, 5) is 15.7. The fourth-order valence-corrected chi connectivity index (χ4v) is 3.93. The van der Waals surface area contributed by atoms with Gasteiger partial charge < -0.3 is 18.8 Å². The molecule has 0 bridgehead atoms. The fourth-order valence-electron chi connectivity index (χ4n) is 3.93. The van der Waals surface area contributed by atoms with Gasteiger partial charge in [0.15, 0.2) is 11.5 Å². The Morgan fingerprint density at radius 3 is 2.52 bits per heavy atom. The van der Waals surface area contributed by atoms with Crippen LogP contribution in [-0.2, 0) is 6.18 Å². The summed E-state index contributed by atoms with van der Waals surface area (Å²) < 4.78 is 55.3. The van der Waals surface area contributed by atoms with E-state index in [2.05, 4.69) is 4.90 Å². The maximum absolute atomic E-state index is 13.0. The molecule has 33 heavy (non-hydrogen) atoms. The Labute approximate surface area is 189 Å². The Bertz CT molecular complexity index is 1150. The average Bonchev–Trinajstić information content (AvgIpc) is 2.81. The van der Waals surface area contributed by atoms with Gasteiger partial charge in [-0.3, -0.25) is 4.90 Å². The van der Waals surface area contributed by atoms with Gasteiger partial charge in [0.2, 0.25) is 0 Å². The van der Waals surface area contributed by atoms with Crippen LogP contribution in [-0.4, -0.2) is 51.3 Å². The molecule has 0 saturated carbocycles. The predicted molar refractivity (Wildman–Crippen MR) is 119 cm³/mol. The van der Waals surface area contributed by atoms with Gasteiger partial charge in [-0.2, -0.15) is 13.2 Å². The molecule has 2 heterocycles. The molecular weight excluding hydrogens is 437 g/mol. The molecule has 176 valence electrons. The Balaban J connectivity index is 1.26. The van der Waals surface area contributed by atoms with Gasteiger partial charge in [0.1, 0.15) is 5.58 Å². The van der Waals surface area contributed by atoms with Crippen LogP contribution in [0.15, 0.2) is 57.7 Å². The molecule has 9 heteroatoms. The molecular formula is C24H25F3N2O4. The summed E-state index contributed by atoms with van der Waals surface area (Å²) in [6.45, 7) is 4.19. The summed E-state index contributed by atoms with van der Waals surface area (Å²) in [5.74, 6) is 1.07. The summed E-state index contributed by atoms with van der Waals surface area (Å²) in [5, 5.41) is 0.746. The number of piperazine rings is 1. The van der Waals surface area contributed by atoms with Gasteiger partial charge >= 0.3 is 11.8 Å². The van der Waals surface area contributed by atoms with E-state index in [0.29, 0.717) is 42.5 Å². The first kappa shape index (κ1) is 23.0. The van der Waals surface area contributed by atoms with E-state index in [-0.39, 0.29) is 0 Å². The number of halogens is 3. The molecule has 0 spiro atoms. The third-order valence-electron chi connectivity index (χ3n) is 5.69. The highest BCUT2D eigenvalue weighted by molar-refractivity contribution is 5.80. The second-order valence-electron chi connectivity index (χ2n) is 7.87. The lowest BCUT2D eigenvalue weighted by Crippen LogP contribution is -2.46. The molecule has 2 aromatic carbocycles. The van der Waals surface area contributed by atoms with Gasteiger partial charge in [0.25, 0.3) is 0 Å². The van der Waals surface area contributed by atoms with E-state index in [1.165, 1.54) is 25.3 Å². The molecule has 0 unspecified atom stereocenters. The second-order valence-corrected chi connectivity index (χ2v) is 7.87. The van der Waals surface area contributed by atoms with E-state index in [4.69, 9.17) is 13.9 Å². The minimum atomic E-state index is -4.33. The number of rotatable bonds is 7. The predicted octanol–water partition coefficient (Wildman–Crippen LogP) is 4.41. The largest absolute Gasteiger partial charge is 0.493 e. The lowest BCUT2D eigenvalue weighted by Gasteiger charge is -2.36. The highest BCUT2D eigenvalue weighted by atomic mass is 19.4. The zero-order valence-corrected chi connectivity index (χ0v) is 18.2. The van der Waals surface area contributed by atoms with Gasteiger partial charge in [0, 0.05) is 55.9 Å². The number of alkyl halides is 3. The normalized spacial score (nSPS) is 15.1. The van der Waals surface area contributed by atoms with Crippen molar-refractivity contribution in [3.05, 3.63) is 64.5 Å².